The lowest BCUT2D eigenvalue weighted by Crippen LogP contribution is -2.55. The SMILES string of the molecule is CC/C=C/C/C=C/CCCCC(=O)OCC(COCCC(C(=O)[O-])[N+](C)(C)C)OC(=O)CCCCCCCCC/C=C/C/C=C/CCCCCCCCCCC. The Labute approximate surface area is 344 Å². The van der Waals surface area contributed by atoms with Gasteiger partial charge in [0.1, 0.15) is 12.6 Å². The van der Waals surface area contributed by atoms with Gasteiger partial charge in [-0.1, -0.05) is 146 Å². The largest absolute Gasteiger partial charge is 0.544 e. The molecule has 0 aromatic heterocycles. The monoisotopic (exact) mass is 788 g/mol. The quantitative estimate of drug-likeness (QED) is 0.0264. The number of aliphatic carboxylic acids is 1. The second kappa shape index (κ2) is 39.1. The van der Waals surface area contributed by atoms with E-state index in [9.17, 15) is 19.5 Å². The average Bonchev–Trinajstić information content (AvgIpc) is 3.15. The molecular formula is C48H85NO7. The average molecular weight is 788 g/mol. The Kier molecular flexibility index (Phi) is 37.2. The lowest BCUT2D eigenvalue weighted by molar-refractivity contribution is -0.889. The molecule has 0 aliphatic rings. The molecule has 0 N–H and O–H groups in total. The molecular weight excluding hydrogens is 703 g/mol. The molecule has 0 amide bonds. The third-order valence-electron chi connectivity index (χ3n) is 9.95. The van der Waals surface area contributed by atoms with Crippen LogP contribution < -0.4 is 5.11 Å². The van der Waals surface area contributed by atoms with Gasteiger partial charge in [-0.05, 0) is 70.6 Å². The van der Waals surface area contributed by atoms with Crippen molar-refractivity contribution in [3.8, 4) is 0 Å². The molecule has 2 atom stereocenters. The van der Waals surface area contributed by atoms with Gasteiger partial charge < -0.3 is 28.6 Å². The molecule has 8 heteroatoms. The minimum absolute atomic E-state index is 0.0263. The van der Waals surface area contributed by atoms with Crippen LogP contribution in [0.2, 0.25) is 0 Å². The van der Waals surface area contributed by atoms with E-state index in [2.05, 4.69) is 62.5 Å². The number of carboxylic acid groups (broad SMARTS) is 1. The van der Waals surface area contributed by atoms with Gasteiger partial charge in [0, 0.05) is 19.3 Å². The van der Waals surface area contributed by atoms with Gasteiger partial charge in [0.2, 0.25) is 0 Å². The van der Waals surface area contributed by atoms with Crippen LogP contribution in [0.15, 0.2) is 48.6 Å². The number of quaternary nitrogens is 1. The van der Waals surface area contributed by atoms with E-state index in [0.29, 0.717) is 12.8 Å². The molecule has 0 saturated heterocycles. The Balaban J connectivity index is 4.24. The third-order valence-corrected chi connectivity index (χ3v) is 9.95. The normalized spacial score (nSPS) is 13.4. The lowest BCUT2D eigenvalue weighted by atomic mass is 10.1. The Morgan fingerprint density at radius 3 is 1.50 bits per heavy atom. The van der Waals surface area contributed by atoms with E-state index in [1.165, 1.54) is 89.9 Å². The van der Waals surface area contributed by atoms with E-state index in [-0.39, 0.29) is 42.7 Å². The molecule has 0 radical (unpaired) electrons. The summed E-state index contributed by atoms with van der Waals surface area (Å²) in [5, 5.41) is 11.6. The summed E-state index contributed by atoms with van der Waals surface area (Å²) >= 11 is 0. The fourth-order valence-electron chi connectivity index (χ4n) is 6.43. The second-order valence-electron chi connectivity index (χ2n) is 16.3. The summed E-state index contributed by atoms with van der Waals surface area (Å²) in [7, 11) is 5.39. The fraction of sp³-hybridized carbons (Fsp3) is 0.771. The molecule has 0 fully saturated rings. The smallest absolute Gasteiger partial charge is 0.306 e. The molecule has 2 unspecified atom stereocenters. The van der Waals surface area contributed by atoms with Crippen LogP contribution in [0.5, 0.6) is 0 Å². The molecule has 0 rings (SSSR count). The Morgan fingerprint density at radius 2 is 1.00 bits per heavy atom. The number of hydrogen-bond acceptors (Lipinski definition) is 7. The molecule has 0 heterocycles. The Morgan fingerprint density at radius 1 is 0.554 bits per heavy atom. The van der Waals surface area contributed by atoms with Crippen molar-refractivity contribution in [1.82, 2.24) is 0 Å². The first-order chi connectivity index (χ1) is 27.1. The Bertz CT molecular complexity index is 1060. The minimum atomic E-state index is -1.13. The molecule has 0 spiro atoms. The van der Waals surface area contributed by atoms with Crippen molar-refractivity contribution < 1.29 is 38.2 Å². The predicted molar refractivity (Wildman–Crippen MR) is 231 cm³/mol. The molecule has 0 saturated carbocycles. The number of carbonyl (C=O) groups is 3. The van der Waals surface area contributed by atoms with Crippen LogP contribution in [0.1, 0.15) is 187 Å². The van der Waals surface area contributed by atoms with E-state index in [1.807, 2.05) is 0 Å². The topological polar surface area (TPSA) is 102 Å². The Hall–Kier alpha value is -2.71. The molecule has 0 aromatic carbocycles. The van der Waals surface area contributed by atoms with Gasteiger partial charge >= 0.3 is 11.9 Å². The molecule has 0 aliphatic heterocycles. The highest BCUT2D eigenvalue weighted by molar-refractivity contribution is 5.70. The summed E-state index contributed by atoms with van der Waals surface area (Å²) in [4.78, 5) is 36.7. The van der Waals surface area contributed by atoms with Crippen molar-refractivity contribution in [2.24, 2.45) is 0 Å². The minimum Gasteiger partial charge on any atom is -0.544 e. The van der Waals surface area contributed by atoms with Crippen LogP contribution in [0.4, 0.5) is 0 Å². The van der Waals surface area contributed by atoms with Crippen LogP contribution in [-0.4, -0.2) is 75.5 Å². The third kappa shape index (κ3) is 36.9. The molecule has 8 nitrogen and oxygen atoms in total. The van der Waals surface area contributed by atoms with E-state index in [0.717, 1.165) is 64.2 Å². The van der Waals surface area contributed by atoms with Crippen LogP contribution in [0.3, 0.4) is 0 Å². The van der Waals surface area contributed by atoms with Crippen LogP contribution in [-0.2, 0) is 28.6 Å². The second-order valence-corrected chi connectivity index (χ2v) is 16.3. The molecule has 0 aromatic rings. The number of likely N-dealkylation sites (N-methyl/N-ethyl adjacent to an activating group) is 1. The highest BCUT2D eigenvalue weighted by atomic mass is 16.6. The van der Waals surface area contributed by atoms with E-state index >= 15 is 0 Å². The lowest BCUT2D eigenvalue weighted by Gasteiger charge is -2.34. The van der Waals surface area contributed by atoms with Crippen LogP contribution >= 0.6 is 0 Å². The standard InChI is InChI=1S/C48H85NO7/c1-6-8-10-12-14-16-17-18-19-20-21-22-23-24-25-26-27-28-29-31-33-35-37-39-47(51)56-44(42-54-41-40-45(48(52)53)49(3,4)5)43-55-46(50)38-36-34-32-30-15-13-11-9-7-2/h9,11,15,21-22,24-25,30,44-45H,6-8,10,12-14,16-20,23,26-29,31-43H2,1-5H3/b11-9+,22-21+,25-24+,30-15+. The zero-order valence-corrected chi connectivity index (χ0v) is 36.8. The first-order valence-electron chi connectivity index (χ1n) is 22.7. The molecule has 0 bridgehead atoms. The summed E-state index contributed by atoms with van der Waals surface area (Å²) in [6.07, 6.45) is 45.9. The summed E-state index contributed by atoms with van der Waals surface area (Å²) in [6.45, 7) is 4.49. The fourth-order valence-corrected chi connectivity index (χ4v) is 6.43. The summed E-state index contributed by atoms with van der Waals surface area (Å²) in [6, 6.07) is -0.732. The van der Waals surface area contributed by atoms with Crippen molar-refractivity contribution >= 4 is 17.9 Å². The van der Waals surface area contributed by atoms with Gasteiger partial charge in [-0.25, -0.2) is 0 Å². The van der Waals surface area contributed by atoms with Crippen molar-refractivity contribution in [2.45, 2.75) is 199 Å². The van der Waals surface area contributed by atoms with Gasteiger partial charge in [-0.2, -0.15) is 0 Å². The van der Waals surface area contributed by atoms with Gasteiger partial charge in [0.15, 0.2) is 6.10 Å². The summed E-state index contributed by atoms with van der Waals surface area (Å²) < 4.78 is 17.1. The first kappa shape index (κ1) is 53.3. The zero-order chi connectivity index (χ0) is 41.4. The number of rotatable bonds is 40. The number of hydrogen-bond donors (Lipinski definition) is 0. The van der Waals surface area contributed by atoms with Gasteiger partial charge in [-0.15, -0.1) is 0 Å². The van der Waals surface area contributed by atoms with Crippen LogP contribution in [0.25, 0.3) is 0 Å². The maximum absolute atomic E-state index is 12.7. The molecule has 0 aliphatic carbocycles. The van der Waals surface area contributed by atoms with Crippen molar-refractivity contribution in [3.05, 3.63) is 48.6 Å². The van der Waals surface area contributed by atoms with Crippen molar-refractivity contribution in [2.75, 3.05) is 41.0 Å². The van der Waals surface area contributed by atoms with Gasteiger partial charge in [-0.3, -0.25) is 9.59 Å². The maximum Gasteiger partial charge on any atom is 0.306 e. The number of allylic oxidation sites excluding steroid dienone is 8. The van der Waals surface area contributed by atoms with Crippen LogP contribution in [0, 0.1) is 0 Å². The van der Waals surface area contributed by atoms with Gasteiger partial charge in [0.25, 0.3) is 0 Å². The highest BCUT2D eigenvalue weighted by Gasteiger charge is 2.25. The van der Waals surface area contributed by atoms with Crippen molar-refractivity contribution in [1.29, 1.82) is 0 Å². The summed E-state index contributed by atoms with van der Waals surface area (Å²) in [5.41, 5.74) is 0. The van der Waals surface area contributed by atoms with Crippen molar-refractivity contribution in [3.63, 3.8) is 0 Å². The highest BCUT2D eigenvalue weighted by Crippen LogP contribution is 2.14. The number of unbranched alkanes of at least 4 members (excludes halogenated alkanes) is 18. The van der Waals surface area contributed by atoms with E-state index in [4.69, 9.17) is 14.2 Å². The number of nitrogens with zero attached hydrogens (tertiary/aromatic N) is 1. The summed E-state index contributed by atoms with van der Waals surface area (Å²) in [5.74, 6) is -1.79. The number of esters is 2. The van der Waals surface area contributed by atoms with E-state index in [1.54, 1.807) is 21.1 Å². The number of carboxylic acids is 1. The maximum atomic E-state index is 12.7. The first-order valence-corrected chi connectivity index (χ1v) is 22.7. The number of ether oxygens (including phenoxy) is 3. The predicted octanol–water partition coefficient (Wildman–Crippen LogP) is 11.1. The molecule has 324 valence electrons. The zero-order valence-electron chi connectivity index (χ0n) is 36.8. The van der Waals surface area contributed by atoms with E-state index < -0.39 is 18.1 Å². The molecule has 56 heavy (non-hydrogen) atoms. The van der Waals surface area contributed by atoms with Gasteiger partial charge in [0.05, 0.1) is 40.3 Å². The number of carbonyl (C=O) groups excluding carboxylic acids is 3.